The van der Waals surface area contributed by atoms with E-state index in [1.165, 1.54) is 21.5 Å². The molecule has 10 aromatic carbocycles. The van der Waals surface area contributed by atoms with E-state index in [0.717, 1.165) is 88.4 Å². The van der Waals surface area contributed by atoms with E-state index in [1.54, 1.807) is 0 Å². The molecule has 5 heteroatoms. The smallest absolute Gasteiger partial charge is 0.164 e. The molecule has 0 N–H and O–H groups in total. The Morgan fingerprint density at radius 2 is 0.906 bits per heavy atom. The van der Waals surface area contributed by atoms with Crippen molar-refractivity contribution < 1.29 is 4.42 Å². The zero-order chi connectivity index (χ0) is 42.1. The van der Waals surface area contributed by atoms with E-state index in [9.17, 15) is 0 Å². The number of benzene rings is 10. The minimum Gasteiger partial charge on any atom is -0.456 e. The van der Waals surface area contributed by atoms with Crippen molar-refractivity contribution >= 4 is 65.3 Å². The van der Waals surface area contributed by atoms with E-state index in [1.807, 2.05) is 30.3 Å². The van der Waals surface area contributed by atoms with Crippen molar-refractivity contribution in [3.63, 3.8) is 0 Å². The van der Waals surface area contributed by atoms with Crippen LogP contribution in [0.25, 0.3) is 127 Å². The van der Waals surface area contributed by atoms with Gasteiger partial charge < -0.3 is 8.98 Å². The quantitative estimate of drug-likeness (QED) is 0.168. The van der Waals surface area contributed by atoms with Gasteiger partial charge >= 0.3 is 0 Å². The van der Waals surface area contributed by atoms with Crippen LogP contribution in [0.2, 0.25) is 0 Å². The molecule has 13 rings (SSSR count). The van der Waals surface area contributed by atoms with Gasteiger partial charge in [-0.2, -0.15) is 0 Å². The van der Waals surface area contributed by atoms with Gasteiger partial charge in [0.1, 0.15) is 11.2 Å². The lowest BCUT2D eigenvalue weighted by molar-refractivity contribution is 0.669. The summed E-state index contributed by atoms with van der Waals surface area (Å²) in [5.74, 6) is 1.78. The molecule has 0 fully saturated rings. The lowest BCUT2D eigenvalue weighted by Crippen LogP contribution is -2.03. The second-order valence-electron chi connectivity index (χ2n) is 16.3. The van der Waals surface area contributed by atoms with E-state index in [4.69, 9.17) is 19.4 Å². The molecule has 3 heterocycles. The van der Waals surface area contributed by atoms with Crippen LogP contribution in [0, 0.1) is 0 Å². The Morgan fingerprint density at radius 3 is 1.69 bits per heavy atom. The van der Waals surface area contributed by atoms with Crippen molar-refractivity contribution in [3.8, 4) is 62.1 Å². The van der Waals surface area contributed by atoms with E-state index in [2.05, 4.69) is 193 Å². The van der Waals surface area contributed by atoms with Crippen molar-refractivity contribution in [2.24, 2.45) is 0 Å². The molecule has 0 saturated carbocycles. The van der Waals surface area contributed by atoms with Crippen LogP contribution < -0.4 is 0 Å². The summed E-state index contributed by atoms with van der Waals surface area (Å²) in [7, 11) is 0. The Hall–Kier alpha value is -8.67. The van der Waals surface area contributed by atoms with Crippen LogP contribution in [0.15, 0.2) is 223 Å². The molecule has 0 spiro atoms. The van der Waals surface area contributed by atoms with E-state index in [0.29, 0.717) is 17.5 Å². The monoisotopic (exact) mass is 816 g/mol. The highest BCUT2D eigenvalue weighted by Crippen LogP contribution is 2.46. The molecular formula is C59H36N4O. The maximum atomic E-state index is 6.69. The standard InChI is InChI=1S/C59H36N4O/c1-3-17-37(18-4-1)43-24-11-12-27-46(43)58-60-57(38-19-5-2-6-20-38)61-59(62-58)47-32-31-42(63-51-29-15-13-26-45(51)49-33-39-21-7-8-22-40(39)34-52(49)63)36-50(47)55-44-25-10-9-23-41(44)35-54-56(55)48-28-14-16-30-53(48)64-54/h1-36H. The highest BCUT2D eigenvalue weighted by Gasteiger charge is 2.24. The number of aromatic nitrogens is 4. The molecule has 0 aliphatic heterocycles. The average molecular weight is 817 g/mol. The molecule has 5 nitrogen and oxygen atoms in total. The van der Waals surface area contributed by atoms with E-state index >= 15 is 0 Å². The van der Waals surface area contributed by atoms with E-state index in [-0.39, 0.29) is 0 Å². The second-order valence-corrected chi connectivity index (χ2v) is 16.3. The lowest BCUT2D eigenvalue weighted by atomic mass is 9.90. The van der Waals surface area contributed by atoms with Gasteiger partial charge in [-0.25, -0.2) is 15.0 Å². The SMILES string of the molecule is c1ccc(-c2nc(-c3ccccc3-c3ccccc3)nc(-c3ccc(-n4c5ccccc5c5cc6ccccc6cc54)cc3-c3c4ccccc4cc4oc5ccccc5c34)n2)cc1. The highest BCUT2D eigenvalue weighted by atomic mass is 16.3. The maximum Gasteiger partial charge on any atom is 0.164 e. The first kappa shape index (κ1) is 36.0. The molecule has 13 aromatic rings. The molecule has 0 atom stereocenters. The number of hydrogen-bond acceptors (Lipinski definition) is 4. The van der Waals surface area contributed by atoms with Crippen LogP contribution in [-0.2, 0) is 0 Å². The number of furan rings is 1. The maximum absolute atomic E-state index is 6.69. The Kier molecular flexibility index (Phi) is 8.15. The second kappa shape index (κ2) is 14.5. The lowest BCUT2D eigenvalue weighted by Gasteiger charge is -2.18. The predicted molar refractivity (Wildman–Crippen MR) is 264 cm³/mol. The van der Waals surface area contributed by atoms with Gasteiger partial charge in [-0.15, -0.1) is 0 Å². The van der Waals surface area contributed by atoms with E-state index < -0.39 is 0 Å². The zero-order valence-electron chi connectivity index (χ0n) is 34.5. The van der Waals surface area contributed by atoms with Crippen LogP contribution in [0.4, 0.5) is 0 Å². The van der Waals surface area contributed by atoms with Crippen LogP contribution in [0.3, 0.4) is 0 Å². The van der Waals surface area contributed by atoms with Crippen molar-refractivity contribution in [3.05, 3.63) is 218 Å². The predicted octanol–water partition coefficient (Wildman–Crippen LogP) is 15.5. The molecule has 0 aliphatic carbocycles. The molecule has 0 unspecified atom stereocenters. The molecule has 298 valence electrons. The van der Waals surface area contributed by atoms with Crippen molar-refractivity contribution in [2.45, 2.75) is 0 Å². The van der Waals surface area contributed by atoms with Gasteiger partial charge in [-0.1, -0.05) is 170 Å². The Bertz CT molecular complexity index is 3960. The number of fused-ring (bicyclic) bond motifs is 8. The van der Waals surface area contributed by atoms with Gasteiger partial charge in [0.15, 0.2) is 17.5 Å². The molecule has 0 saturated heterocycles. The summed E-state index contributed by atoms with van der Waals surface area (Å²) < 4.78 is 9.10. The molecule has 0 aliphatic rings. The van der Waals surface area contributed by atoms with Gasteiger partial charge in [0.05, 0.1) is 11.0 Å². The van der Waals surface area contributed by atoms with Gasteiger partial charge in [0.25, 0.3) is 0 Å². The summed E-state index contributed by atoms with van der Waals surface area (Å²) in [6.07, 6.45) is 0. The largest absolute Gasteiger partial charge is 0.456 e. The highest BCUT2D eigenvalue weighted by molar-refractivity contribution is 6.22. The number of hydrogen-bond donors (Lipinski definition) is 0. The molecular weight excluding hydrogens is 781 g/mol. The molecule has 64 heavy (non-hydrogen) atoms. The summed E-state index contributed by atoms with van der Waals surface area (Å²) in [5, 5.41) is 9.12. The number of rotatable bonds is 6. The third-order valence-corrected chi connectivity index (χ3v) is 12.6. The third kappa shape index (κ3) is 5.75. The summed E-state index contributed by atoms with van der Waals surface area (Å²) in [6.45, 7) is 0. The summed E-state index contributed by atoms with van der Waals surface area (Å²) >= 11 is 0. The number of nitrogens with zero attached hydrogens (tertiary/aromatic N) is 4. The first-order chi connectivity index (χ1) is 31.7. The normalized spacial score (nSPS) is 11.8. The third-order valence-electron chi connectivity index (χ3n) is 12.6. The Morgan fingerprint density at radius 1 is 0.328 bits per heavy atom. The topological polar surface area (TPSA) is 56.7 Å². The van der Waals surface area contributed by atoms with Gasteiger partial charge in [0, 0.05) is 49.5 Å². The summed E-state index contributed by atoms with van der Waals surface area (Å²) in [6, 6.07) is 76.9. The minimum atomic E-state index is 0.579. The molecule has 0 amide bonds. The van der Waals surface area contributed by atoms with Gasteiger partial charge in [-0.05, 0) is 86.8 Å². The Balaban J connectivity index is 1.16. The molecule has 3 aromatic heterocycles. The number of para-hydroxylation sites is 2. The first-order valence-electron chi connectivity index (χ1n) is 21.6. The van der Waals surface area contributed by atoms with Crippen molar-refractivity contribution in [2.75, 3.05) is 0 Å². The fourth-order valence-electron chi connectivity index (χ4n) is 9.72. The first-order valence-corrected chi connectivity index (χ1v) is 21.6. The average Bonchev–Trinajstić information content (AvgIpc) is 3.90. The van der Waals surface area contributed by atoms with Gasteiger partial charge in [0.2, 0.25) is 0 Å². The van der Waals surface area contributed by atoms with Crippen LogP contribution in [0.5, 0.6) is 0 Å². The fraction of sp³-hybridized carbons (Fsp3) is 0. The van der Waals surface area contributed by atoms with Crippen molar-refractivity contribution in [1.29, 1.82) is 0 Å². The molecule has 0 radical (unpaired) electrons. The van der Waals surface area contributed by atoms with Crippen LogP contribution in [0.1, 0.15) is 0 Å². The van der Waals surface area contributed by atoms with Crippen molar-refractivity contribution in [1.82, 2.24) is 19.5 Å². The minimum absolute atomic E-state index is 0.579. The summed E-state index contributed by atoms with van der Waals surface area (Å²) in [5.41, 5.74) is 11.9. The van der Waals surface area contributed by atoms with Crippen LogP contribution >= 0.6 is 0 Å². The zero-order valence-corrected chi connectivity index (χ0v) is 34.5. The van der Waals surface area contributed by atoms with Crippen LogP contribution in [-0.4, -0.2) is 19.5 Å². The summed E-state index contributed by atoms with van der Waals surface area (Å²) in [4.78, 5) is 16.1. The molecule has 0 bridgehead atoms. The Labute approximate surface area is 368 Å². The fourth-order valence-corrected chi connectivity index (χ4v) is 9.72. The van der Waals surface area contributed by atoms with Gasteiger partial charge in [-0.3, -0.25) is 0 Å².